The van der Waals surface area contributed by atoms with Gasteiger partial charge in [-0.05, 0) is 125 Å². The first-order valence-corrected chi connectivity index (χ1v) is 13.4. The maximum absolute atomic E-state index is 14.8. The Balaban J connectivity index is 1.86. The van der Waals surface area contributed by atoms with Crippen LogP contribution in [0, 0.1) is 12.7 Å². The summed E-state index contributed by atoms with van der Waals surface area (Å²) < 4.78 is 24.1. The number of unbranched alkanes of at least 4 members (excludes halogenated alkanes) is 2. The van der Waals surface area contributed by atoms with Gasteiger partial charge in [-0.1, -0.05) is 31.6 Å². The average molecular weight is 500 g/mol. The molecule has 0 aliphatic carbocycles. The highest BCUT2D eigenvalue weighted by Gasteiger charge is 2.11. The molecule has 0 saturated carbocycles. The molecule has 0 saturated heterocycles. The van der Waals surface area contributed by atoms with Crippen LogP contribution in [0.4, 0.5) is 4.39 Å². The topological polar surface area (TPSA) is 50.5 Å². The van der Waals surface area contributed by atoms with E-state index in [4.69, 9.17) is 10.5 Å². The largest absolute Gasteiger partial charge is 0.454 e. The van der Waals surface area contributed by atoms with Crippen molar-refractivity contribution in [2.75, 3.05) is 32.7 Å². The van der Waals surface area contributed by atoms with Gasteiger partial charge in [-0.2, -0.15) is 0 Å². The van der Waals surface area contributed by atoms with Crippen molar-refractivity contribution in [3.8, 4) is 11.5 Å². The van der Waals surface area contributed by atoms with Gasteiger partial charge in [0.25, 0.3) is 0 Å². The number of benzene rings is 2. The Bertz CT molecular complexity index is 936. The molecule has 0 aromatic heterocycles. The van der Waals surface area contributed by atoms with Gasteiger partial charge in [-0.15, -0.1) is 0 Å². The lowest BCUT2D eigenvalue weighted by molar-refractivity contribution is 0.273. The van der Waals surface area contributed by atoms with E-state index in [9.17, 15) is 4.39 Å². The van der Waals surface area contributed by atoms with Crippen LogP contribution in [0.15, 0.2) is 59.0 Å². The smallest absolute Gasteiger partial charge is 0.166 e. The number of hydrogen-bond acceptors (Lipinski definition) is 5. The van der Waals surface area contributed by atoms with Crippen molar-refractivity contribution in [1.82, 2.24) is 9.62 Å². The first-order chi connectivity index (χ1) is 16.8. The number of allylic oxidation sites excluding steroid dienone is 2. The van der Waals surface area contributed by atoms with Gasteiger partial charge in [0.05, 0.1) is 0 Å². The second kappa shape index (κ2) is 15.8. The molecule has 0 aliphatic heterocycles. The lowest BCUT2D eigenvalue weighted by Gasteiger charge is -2.21. The zero-order chi connectivity index (χ0) is 25.6. The minimum absolute atomic E-state index is 0.260. The van der Waals surface area contributed by atoms with Crippen LogP contribution in [0.3, 0.4) is 0 Å². The van der Waals surface area contributed by atoms with E-state index in [1.54, 1.807) is 11.9 Å². The highest BCUT2D eigenvalue weighted by Crippen LogP contribution is 2.31. The van der Waals surface area contributed by atoms with Gasteiger partial charge in [0.2, 0.25) is 0 Å². The SMILES string of the molecule is C=C(C)/C(C)=C/c1cc(C)c(Oc2ccc(SNCCN(CCC)CCCCCN)cc2)c(F)c1. The molecule has 0 fully saturated rings. The fraction of sp³-hybridized carbons (Fsp3) is 0.448. The zero-order valence-corrected chi connectivity index (χ0v) is 22.6. The van der Waals surface area contributed by atoms with Crippen molar-refractivity contribution in [1.29, 1.82) is 0 Å². The maximum atomic E-state index is 14.8. The van der Waals surface area contributed by atoms with Crippen molar-refractivity contribution < 1.29 is 9.13 Å². The Hall–Kier alpha value is -2.12. The number of nitrogens with zero attached hydrogens (tertiary/aromatic N) is 1. The normalized spacial score (nSPS) is 11.8. The summed E-state index contributed by atoms with van der Waals surface area (Å²) in [5, 5.41) is 0. The highest BCUT2D eigenvalue weighted by molar-refractivity contribution is 7.97. The number of nitrogens with one attached hydrogen (secondary N) is 1. The Kier molecular flexibility index (Phi) is 13.1. The van der Waals surface area contributed by atoms with Crippen molar-refractivity contribution in [3.05, 3.63) is 71.1 Å². The molecule has 0 bridgehead atoms. The number of hydrogen-bond donors (Lipinski definition) is 2. The molecule has 0 unspecified atom stereocenters. The summed E-state index contributed by atoms with van der Waals surface area (Å²) in [6.45, 7) is 16.9. The third-order valence-corrected chi connectivity index (χ3v) is 6.65. The van der Waals surface area contributed by atoms with Crippen molar-refractivity contribution in [2.24, 2.45) is 5.73 Å². The monoisotopic (exact) mass is 499 g/mol. The molecule has 2 aromatic rings. The van der Waals surface area contributed by atoms with Crippen molar-refractivity contribution in [3.63, 3.8) is 0 Å². The highest BCUT2D eigenvalue weighted by atomic mass is 32.2. The molecule has 192 valence electrons. The fourth-order valence-electron chi connectivity index (χ4n) is 3.68. The lowest BCUT2D eigenvalue weighted by atomic mass is 10.0. The van der Waals surface area contributed by atoms with Crippen LogP contribution in [0.25, 0.3) is 6.08 Å². The molecule has 2 rings (SSSR count). The van der Waals surface area contributed by atoms with E-state index in [0.717, 1.165) is 66.3 Å². The van der Waals surface area contributed by atoms with Crippen molar-refractivity contribution in [2.45, 2.75) is 58.3 Å². The molecule has 35 heavy (non-hydrogen) atoms. The van der Waals surface area contributed by atoms with E-state index in [2.05, 4.69) is 23.1 Å². The quantitative estimate of drug-likeness (QED) is 0.144. The van der Waals surface area contributed by atoms with Gasteiger partial charge in [-0.25, -0.2) is 4.39 Å². The molecule has 0 radical (unpaired) electrons. The summed E-state index contributed by atoms with van der Waals surface area (Å²) in [5.41, 5.74) is 9.14. The molecule has 0 amide bonds. The molecule has 2 aromatic carbocycles. The summed E-state index contributed by atoms with van der Waals surface area (Å²) in [5.74, 6) is 0.506. The second-order valence-electron chi connectivity index (χ2n) is 9.02. The Morgan fingerprint density at radius 2 is 1.86 bits per heavy atom. The van der Waals surface area contributed by atoms with Crippen LogP contribution in [0.1, 0.15) is 57.6 Å². The predicted molar refractivity (Wildman–Crippen MR) is 150 cm³/mol. The number of ether oxygens (including phenoxy) is 1. The second-order valence-corrected chi connectivity index (χ2v) is 9.98. The third kappa shape index (κ3) is 10.6. The van der Waals surface area contributed by atoms with Gasteiger partial charge in [-0.3, -0.25) is 4.72 Å². The Morgan fingerprint density at radius 1 is 1.11 bits per heavy atom. The molecule has 0 spiro atoms. The summed E-state index contributed by atoms with van der Waals surface area (Å²) in [4.78, 5) is 3.61. The summed E-state index contributed by atoms with van der Waals surface area (Å²) in [7, 11) is 0. The Labute approximate surface area is 216 Å². The average Bonchev–Trinajstić information content (AvgIpc) is 2.82. The van der Waals surface area contributed by atoms with Gasteiger partial charge < -0.3 is 15.4 Å². The van der Waals surface area contributed by atoms with Crippen LogP contribution < -0.4 is 15.2 Å². The number of rotatable bonds is 16. The number of aryl methyl sites for hydroxylation is 1. The maximum Gasteiger partial charge on any atom is 0.166 e. The minimum atomic E-state index is -0.370. The van der Waals surface area contributed by atoms with Gasteiger partial charge in [0.1, 0.15) is 5.75 Å². The fourth-order valence-corrected chi connectivity index (χ4v) is 4.32. The van der Waals surface area contributed by atoms with E-state index >= 15 is 0 Å². The van der Waals surface area contributed by atoms with Gasteiger partial charge in [0.15, 0.2) is 11.6 Å². The number of halogens is 1. The molecule has 4 nitrogen and oxygen atoms in total. The first-order valence-electron chi connectivity index (χ1n) is 12.6. The molecule has 0 atom stereocenters. The molecule has 6 heteroatoms. The van der Waals surface area contributed by atoms with E-state index < -0.39 is 0 Å². The van der Waals surface area contributed by atoms with Crippen LogP contribution in [-0.2, 0) is 0 Å². The standard InChI is InChI=1S/C29H42FN3OS/c1-6-16-33(17-9-7-8-14-31)18-15-32-35-27-12-10-26(11-13-27)34-29-24(5)20-25(21-28(29)30)19-23(4)22(2)3/h10-13,19-21,32H,2,6-9,14-18,31H2,1,3-5H3/b23-19+. The first kappa shape index (κ1) is 29.1. The summed E-state index contributed by atoms with van der Waals surface area (Å²) in [6, 6.07) is 11.2. The van der Waals surface area contributed by atoms with Crippen LogP contribution in [0.2, 0.25) is 0 Å². The van der Waals surface area contributed by atoms with Gasteiger partial charge >= 0.3 is 0 Å². The van der Waals surface area contributed by atoms with E-state index in [1.807, 2.05) is 57.2 Å². The van der Waals surface area contributed by atoms with E-state index in [0.29, 0.717) is 5.75 Å². The van der Waals surface area contributed by atoms with Crippen molar-refractivity contribution >= 4 is 18.0 Å². The zero-order valence-electron chi connectivity index (χ0n) is 21.8. The molecule has 0 heterocycles. The van der Waals surface area contributed by atoms with Crippen LogP contribution in [0.5, 0.6) is 11.5 Å². The summed E-state index contributed by atoms with van der Waals surface area (Å²) in [6.07, 6.45) is 6.62. The molecule has 3 N–H and O–H groups in total. The molecular formula is C29H42FN3OS. The third-order valence-electron chi connectivity index (χ3n) is 5.79. The Morgan fingerprint density at radius 3 is 2.49 bits per heavy atom. The molecular weight excluding hydrogens is 457 g/mol. The number of nitrogens with two attached hydrogens (primary N) is 1. The predicted octanol–water partition coefficient (Wildman–Crippen LogP) is 7.34. The molecule has 0 aliphatic rings. The van der Waals surface area contributed by atoms with Gasteiger partial charge in [0, 0.05) is 18.0 Å². The lowest BCUT2D eigenvalue weighted by Crippen LogP contribution is -2.31. The summed E-state index contributed by atoms with van der Waals surface area (Å²) >= 11 is 1.61. The van der Waals surface area contributed by atoms with Crippen LogP contribution >= 0.6 is 11.9 Å². The minimum Gasteiger partial charge on any atom is -0.454 e. The van der Waals surface area contributed by atoms with E-state index in [1.165, 1.54) is 25.3 Å². The van der Waals surface area contributed by atoms with E-state index in [-0.39, 0.29) is 11.6 Å². The van der Waals surface area contributed by atoms with Crippen LogP contribution in [-0.4, -0.2) is 37.6 Å².